The van der Waals surface area contributed by atoms with Gasteiger partial charge in [0.15, 0.2) is 5.78 Å². The average molecular weight is 523 g/mol. The van der Waals surface area contributed by atoms with Gasteiger partial charge >= 0.3 is 5.97 Å². The Morgan fingerprint density at radius 1 is 0.895 bits per heavy atom. The predicted octanol–water partition coefficient (Wildman–Crippen LogP) is 6.13. The summed E-state index contributed by atoms with van der Waals surface area (Å²) < 4.78 is 7.26. The zero-order chi connectivity index (χ0) is 27.9. The Balaban J connectivity index is 2.13. The van der Waals surface area contributed by atoms with Crippen LogP contribution in [0, 0.1) is 13.8 Å². The number of carboxylic acid groups (broad SMARTS) is 1. The van der Waals surface area contributed by atoms with Crippen molar-refractivity contribution >= 4 is 23.8 Å². The molecule has 1 heterocycles. The number of aliphatic carboxylic acids is 1. The van der Waals surface area contributed by atoms with Crippen molar-refractivity contribution in [3.8, 4) is 0 Å². The number of ketones is 1. The van der Waals surface area contributed by atoms with Crippen molar-refractivity contribution in [1.29, 1.82) is 0 Å². The largest absolute Gasteiger partial charge is 0.545 e. The number of carbonyl (C=O) groups is 3. The number of Topliss-reactive ketones (excluding diaryl/α,β-unsaturated/α-hetero) is 1. The normalized spacial score (nSPS) is 11.3. The highest BCUT2D eigenvalue weighted by Gasteiger charge is 2.24. The number of nitrogens with zero attached hydrogens (tertiary/aromatic N) is 1. The predicted molar refractivity (Wildman–Crippen MR) is 150 cm³/mol. The standard InChI is InChI=1S/C32H45NO5/c1-5-7-8-9-10-11-12-13-14-15-29(34)32-24(3)28(22-31(37)38-6-2)33(25(32)4)23-27-18-16-26(17-19-27)20-21-30(35)36/h16-21H,5-15,22-23H2,1-4H3,(H,35,36)/p-1/b21-20+. The summed E-state index contributed by atoms with van der Waals surface area (Å²) in [6, 6.07) is 7.51. The van der Waals surface area contributed by atoms with Crippen molar-refractivity contribution in [2.45, 2.75) is 105 Å². The third-order valence-corrected chi connectivity index (χ3v) is 7.04. The summed E-state index contributed by atoms with van der Waals surface area (Å²) in [7, 11) is 0. The molecule has 0 atom stereocenters. The first-order valence-electron chi connectivity index (χ1n) is 14.1. The molecule has 1 aromatic heterocycles. The van der Waals surface area contributed by atoms with Crippen molar-refractivity contribution in [3.63, 3.8) is 0 Å². The molecule has 0 aliphatic rings. The van der Waals surface area contributed by atoms with Crippen molar-refractivity contribution in [3.05, 3.63) is 64.0 Å². The summed E-state index contributed by atoms with van der Waals surface area (Å²) in [6.07, 6.45) is 13.9. The molecule has 0 aliphatic heterocycles. The topological polar surface area (TPSA) is 88.4 Å². The van der Waals surface area contributed by atoms with Gasteiger partial charge < -0.3 is 19.2 Å². The highest BCUT2D eigenvalue weighted by molar-refractivity contribution is 5.99. The Bertz CT molecular complexity index is 1080. The SMILES string of the molecule is CCCCCCCCCCCC(=O)c1c(C)c(CC(=O)OCC)n(Cc2ccc(/C=C/C(=O)[O-])cc2)c1C. The second-order valence-corrected chi connectivity index (χ2v) is 10.00. The van der Waals surface area contributed by atoms with E-state index in [4.69, 9.17) is 4.74 Å². The lowest BCUT2D eigenvalue weighted by Gasteiger charge is -2.13. The molecular formula is C32H44NO5-. The van der Waals surface area contributed by atoms with E-state index in [9.17, 15) is 19.5 Å². The lowest BCUT2D eigenvalue weighted by Crippen LogP contribution is -2.18. The quantitative estimate of drug-likeness (QED) is 0.102. The highest BCUT2D eigenvalue weighted by atomic mass is 16.5. The Morgan fingerprint density at radius 2 is 1.50 bits per heavy atom. The number of carbonyl (C=O) groups excluding carboxylic acids is 3. The van der Waals surface area contributed by atoms with Crippen molar-refractivity contribution in [2.75, 3.05) is 6.61 Å². The third kappa shape index (κ3) is 9.96. The van der Waals surface area contributed by atoms with Gasteiger partial charge in [-0.15, -0.1) is 0 Å². The van der Waals surface area contributed by atoms with E-state index < -0.39 is 5.97 Å². The number of carboxylic acids is 1. The molecule has 0 aliphatic carbocycles. The zero-order valence-electron chi connectivity index (χ0n) is 23.6. The summed E-state index contributed by atoms with van der Waals surface area (Å²) in [5.41, 5.74) is 4.97. The number of aromatic nitrogens is 1. The fourth-order valence-corrected chi connectivity index (χ4v) is 4.96. The van der Waals surface area contributed by atoms with Gasteiger partial charge in [-0.1, -0.05) is 88.6 Å². The maximum absolute atomic E-state index is 13.3. The first kappa shape index (κ1) is 31.1. The zero-order valence-corrected chi connectivity index (χ0v) is 23.6. The van der Waals surface area contributed by atoms with Gasteiger partial charge in [0.1, 0.15) is 0 Å². The van der Waals surface area contributed by atoms with Crippen LogP contribution < -0.4 is 5.11 Å². The van der Waals surface area contributed by atoms with E-state index >= 15 is 0 Å². The third-order valence-electron chi connectivity index (χ3n) is 7.04. The van der Waals surface area contributed by atoms with E-state index in [1.807, 2.05) is 42.7 Å². The Kier molecular flexibility index (Phi) is 13.6. The van der Waals surface area contributed by atoms with Gasteiger partial charge in [0.2, 0.25) is 0 Å². The molecular weight excluding hydrogens is 478 g/mol. The van der Waals surface area contributed by atoms with Crippen LogP contribution in [0.2, 0.25) is 0 Å². The van der Waals surface area contributed by atoms with Gasteiger partial charge in [-0.3, -0.25) is 9.59 Å². The van der Waals surface area contributed by atoms with Crippen LogP contribution in [0.1, 0.15) is 116 Å². The number of esters is 1. The van der Waals surface area contributed by atoms with Crippen LogP contribution in [-0.2, 0) is 27.3 Å². The fourth-order valence-electron chi connectivity index (χ4n) is 4.96. The molecule has 6 heteroatoms. The lowest BCUT2D eigenvalue weighted by molar-refractivity contribution is -0.297. The number of hydrogen-bond donors (Lipinski definition) is 0. The minimum absolute atomic E-state index is 0.109. The number of rotatable bonds is 18. The number of unbranched alkanes of at least 4 members (excludes halogenated alkanes) is 8. The molecule has 0 radical (unpaired) electrons. The first-order chi connectivity index (χ1) is 18.3. The minimum Gasteiger partial charge on any atom is -0.545 e. The lowest BCUT2D eigenvalue weighted by atomic mass is 9.99. The second kappa shape index (κ2) is 16.6. The van der Waals surface area contributed by atoms with Crippen LogP contribution >= 0.6 is 0 Å². The van der Waals surface area contributed by atoms with Crippen LogP contribution in [0.3, 0.4) is 0 Å². The molecule has 6 nitrogen and oxygen atoms in total. The van der Waals surface area contributed by atoms with Crippen LogP contribution in [-0.4, -0.2) is 28.9 Å². The molecule has 0 bridgehead atoms. The van der Waals surface area contributed by atoms with Crippen LogP contribution in [0.5, 0.6) is 0 Å². The summed E-state index contributed by atoms with van der Waals surface area (Å²) in [6.45, 7) is 8.69. The molecule has 208 valence electrons. The summed E-state index contributed by atoms with van der Waals surface area (Å²) in [5, 5.41) is 10.7. The van der Waals surface area contributed by atoms with Crippen LogP contribution in [0.4, 0.5) is 0 Å². The summed E-state index contributed by atoms with van der Waals surface area (Å²) in [4.78, 5) is 36.4. The van der Waals surface area contributed by atoms with Crippen LogP contribution in [0.15, 0.2) is 30.3 Å². The molecule has 0 saturated carbocycles. The molecule has 0 saturated heterocycles. The summed E-state index contributed by atoms with van der Waals surface area (Å²) >= 11 is 0. The molecule has 0 spiro atoms. The van der Waals surface area contributed by atoms with E-state index in [-0.39, 0.29) is 18.2 Å². The molecule has 1 aromatic carbocycles. The van der Waals surface area contributed by atoms with Crippen LogP contribution in [0.25, 0.3) is 6.08 Å². The highest BCUT2D eigenvalue weighted by Crippen LogP contribution is 2.27. The maximum atomic E-state index is 13.3. The smallest absolute Gasteiger partial charge is 0.311 e. The molecule has 2 rings (SSSR count). The summed E-state index contributed by atoms with van der Waals surface area (Å²) in [5.74, 6) is -1.42. The van der Waals surface area contributed by atoms with E-state index in [1.54, 1.807) is 6.92 Å². The number of hydrogen-bond acceptors (Lipinski definition) is 5. The fraction of sp³-hybridized carbons (Fsp3) is 0.531. The minimum atomic E-state index is -1.24. The van der Waals surface area contributed by atoms with Gasteiger partial charge in [0.05, 0.1) is 19.0 Å². The van der Waals surface area contributed by atoms with Gasteiger partial charge in [-0.05, 0) is 50.0 Å². The first-order valence-corrected chi connectivity index (χ1v) is 14.1. The van der Waals surface area contributed by atoms with E-state index in [2.05, 4.69) is 6.92 Å². The molecule has 2 aromatic rings. The van der Waals surface area contributed by atoms with Crippen molar-refractivity contribution in [2.24, 2.45) is 0 Å². The molecule has 0 N–H and O–H groups in total. The molecule has 0 amide bonds. The van der Waals surface area contributed by atoms with Crippen molar-refractivity contribution < 1.29 is 24.2 Å². The Hall–Kier alpha value is -3.15. The average Bonchev–Trinajstić information content (AvgIpc) is 3.11. The van der Waals surface area contributed by atoms with Gasteiger partial charge in [0.25, 0.3) is 0 Å². The second-order valence-electron chi connectivity index (χ2n) is 10.00. The van der Waals surface area contributed by atoms with E-state index in [0.29, 0.717) is 19.6 Å². The number of benzene rings is 1. The molecule has 0 unspecified atom stereocenters. The Labute approximate surface area is 228 Å². The molecule has 38 heavy (non-hydrogen) atoms. The Morgan fingerprint density at radius 3 is 2.08 bits per heavy atom. The van der Waals surface area contributed by atoms with Crippen molar-refractivity contribution in [1.82, 2.24) is 4.57 Å². The van der Waals surface area contributed by atoms with E-state index in [0.717, 1.165) is 52.6 Å². The monoisotopic (exact) mass is 522 g/mol. The van der Waals surface area contributed by atoms with Gasteiger partial charge in [-0.2, -0.15) is 0 Å². The van der Waals surface area contributed by atoms with E-state index in [1.165, 1.54) is 51.0 Å². The maximum Gasteiger partial charge on any atom is 0.311 e. The molecule has 0 fully saturated rings. The van der Waals surface area contributed by atoms with Gasteiger partial charge in [-0.25, -0.2) is 0 Å². The van der Waals surface area contributed by atoms with Gasteiger partial charge in [0, 0.05) is 29.9 Å². The number of ether oxygens (including phenoxy) is 1.